The Bertz CT molecular complexity index is 156. The monoisotopic (exact) mass is 365 g/mol. The van der Waals surface area contributed by atoms with E-state index in [1.165, 1.54) is 5.75 Å². The van der Waals surface area contributed by atoms with Gasteiger partial charge in [-0.25, -0.2) is 0 Å². The van der Waals surface area contributed by atoms with Crippen molar-refractivity contribution in [3.05, 3.63) is 5.75 Å². The molecule has 0 spiro atoms. The minimum Gasteiger partial charge on any atom is -0.179 e. The van der Waals surface area contributed by atoms with Crippen LogP contribution in [0.5, 0.6) is 0 Å². The predicted molar refractivity (Wildman–Crippen MR) is 105 cm³/mol. The molecule has 0 aromatic heterocycles. The molecule has 0 nitrogen and oxygen atoms in total. The van der Waals surface area contributed by atoms with E-state index in [0.717, 1.165) is 34.5 Å². The van der Waals surface area contributed by atoms with E-state index < -0.39 is 0 Å². The number of hydrogen-bond acceptors (Lipinski definition) is 7. The van der Waals surface area contributed by atoms with Crippen LogP contribution in [0.15, 0.2) is 0 Å². The summed E-state index contributed by atoms with van der Waals surface area (Å²) in [6.45, 7) is 0. The average Bonchev–Trinajstić information content (AvgIpc) is 2.36. The summed E-state index contributed by atoms with van der Waals surface area (Å²) in [6, 6.07) is 0. The Labute approximate surface area is 141 Å². The summed E-state index contributed by atoms with van der Waals surface area (Å²) in [4.78, 5) is 0. The maximum Gasteiger partial charge on any atom is 0.0232 e. The van der Waals surface area contributed by atoms with Crippen molar-refractivity contribution in [1.82, 2.24) is 0 Å². The lowest BCUT2D eigenvalue weighted by Gasteiger charge is -2.18. The lowest BCUT2D eigenvalue weighted by Crippen LogP contribution is -2.16. The van der Waals surface area contributed by atoms with Crippen molar-refractivity contribution in [2.75, 3.05) is 40.3 Å². The van der Waals surface area contributed by atoms with Gasteiger partial charge in [0.2, 0.25) is 0 Å². The highest BCUT2D eigenvalue weighted by molar-refractivity contribution is 8.06. The van der Waals surface area contributed by atoms with Gasteiger partial charge in [-0.2, -0.15) is 85.8 Å². The van der Waals surface area contributed by atoms with E-state index in [2.05, 4.69) is 50.5 Å². The van der Waals surface area contributed by atoms with Crippen molar-refractivity contribution < 1.29 is 0 Å². The highest BCUT2D eigenvalue weighted by Gasteiger charge is 2.12. The molecule has 2 atom stereocenters. The molecule has 0 aromatic rings. The zero-order valence-electron chi connectivity index (χ0n) is 9.70. The van der Waals surface area contributed by atoms with Crippen molar-refractivity contribution in [3.8, 4) is 0 Å². The van der Waals surface area contributed by atoms with Crippen LogP contribution in [0.25, 0.3) is 0 Å². The first-order valence-corrected chi connectivity index (χ1v) is 11.0. The topological polar surface area (TPSA) is 0 Å². The standard InChI is InChI=1S/C10H21S7/c11-1-3-15-7-9(5-13)17-8-10(6-14)16-4-2-12/h2,9-14H,1,3-8H2. The quantitative estimate of drug-likeness (QED) is 0.307. The van der Waals surface area contributed by atoms with Crippen LogP contribution in [0.1, 0.15) is 0 Å². The Balaban J connectivity index is 3.69. The van der Waals surface area contributed by atoms with Crippen molar-refractivity contribution >= 4 is 85.8 Å². The molecule has 0 fully saturated rings. The third kappa shape index (κ3) is 11.9. The molecule has 0 bridgehead atoms. The molecule has 0 saturated carbocycles. The Kier molecular flexibility index (Phi) is 17.0. The van der Waals surface area contributed by atoms with E-state index in [0.29, 0.717) is 10.5 Å². The molecule has 0 aromatic carbocycles. The first-order valence-electron chi connectivity index (χ1n) is 5.37. The fraction of sp³-hybridized carbons (Fsp3) is 0.900. The van der Waals surface area contributed by atoms with Gasteiger partial charge in [-0.15, -0.1) is 0 Å². The molecule has 0 saturated heterocycles. The molecule has 103 valence electrons. The Morgan fingerprint density at radius 2 is 1.59 bits per heavy atom. The molecule has 0 rings (SSSR count). The fourth-order valence-corrected chi connectivity index (χ4v) is 6.04. The minimum atomic E-state index is 0.615. The van der Waals surface area contributed by atoms with Crippen LogP contribution in [-0.2, 0) is 0 Å². The number of thiol groups is 4. The van der Waals surface area contributed by atoms with E-state index in [4.69, 9.17) is 0 Å². The maximum atomic E-state index is 4.42. The van der Waals surface area contributed by atoms with Crippen molar-refractivity contribution in [2.45, 2.75) is 10.5 Å². The second kappa shape index (κ2) is 14.9. The van der Waals surface area contributed by atoms with Crippen LogP contribution in [0.4, 0.5) is 0 Å². The first-order chi connectivity index (χ1) is 8.28. The van der Waals surface area contributed by atoms with Gasteiger partial charge < -0.3 is 0 Å². The summed E-state index contributed by atoms with van der Waals surface area (Å²) < 4.78 is 0. The second-order valence-electron chi connectivity index (χ2n) is 3.26. The SMILES string of the molecule is S[CH]CSC(CS)CSC(CS)CSCCS. The Morgan fingerprint density at radius 3 is 2.12 bits per heavy atom. The third-order valence-electron chi connectivity index (χ3n) is 1.87. The summed E-state index contributed by atoms with van der Waals surface area (Å²) >= 11 is 23.1. The molecule has 0 aliphatic heterocycles. The molecule has 0 aliphatic carbocycles. The predicted octanol–water partition coefficient (Wildman–Crippen LogP) is 3.80. The minimum absolute atomic E-state index is 0.615. The molecule has 7 heteroatoms. The molecule has 0 N–H and O–H groups in total. The molecular formula is C10H21S7. The summed E-state index contributed by atoms with van der Waals surface area (Å²) in [7, 11) is 0. The lowest BCUT2D eigenvalue weighted by atomic mass is 10.5. The molecule has 1 radical (unpaired) electrons. The highest BCUT2D eigenvalue weighted by Crippen LogP contribution is 2.24. The first kappa shape index (κ1) is 19.4. The lowest BCUT2D eigenvalue weighted by molar-refractivity contribution is 1.11. The van der Waals surface area contributed by atoms with Crippen molar-refractivity contribution in [2.24, 2.45) is 0 Å². The molecule has 17 heavy (non-hydrogen) atoms. The highest BCUT2D eigenvalue weighted by atomic mass is 32.2. The van der Waals surface area contributed by atoms with Gasteiger partial charge in [-0.05, 0) is 5.75 Å². The third-order valence-corrected chi connectivity index (χ3v) is 8.32. The van der Waals surface area contributed by atoms with Crippen LogP contribution in [0.3, 0.4) is 0 Å². The van der Waals surface area contributed by atoms with Gasteiger partial charge in [0.1, 0.15) is 0 Å². The molecule has 0 aliphatic rings. The molecule has 0 amide bonds. The van der Waals surface area contributed by atoms with E-state index >= 15 is 0 Å². The van der Waals surface area contributed by atoms with Gasteiger partial charge in [0.05, 0.1) is 0 Å². The van der Waals surface area contributed by atoms with E-state index in [-0.39, 0.29) is 0 Å². The summed E-state index contributed by atoms with van der Waals surface area (Å²) in [5.41, 5.74) is 0. The second-order valence-corrected chi connectivity index (χ2v) is 8.62. The fourth-order valence-electron chi connectivity index (χ4n) is 1.01. The maximum absolute atomic E-state index is 4.42. The number of rotatable bonds is 12. The molecule has 0 heterocycles. The van der Waals surface area contributed by atoms with Crippen LogP contribution in [-0.4, -0.2) is 50.8 Å². The summed E-state index contributed by atoms with van der Waals surface area (Å²) in [5.74, 6) is 9.21. The number of hydrogen-bond donors (Lipinski definition) is 4. The smallest absolute Gasteiger partial charge is 0.0232 e. The van der Waals surface area contributed by atoms with Crippen molar-refractivity contribution in [1.29, 1.82) is 0 Å². The summed E-state index contributed by atoms with van der Waals surface area (Å²) in [6.07, 6.45) is 0. The van der Waals surface area contributed by atoms with Crippen LogP contribution in [0, 0.1) is 5.75 Å². The zero-order valence-corrected chi connectivity index (χ0v) is 15.7. The van der Waals surface area contributed by atoms with Gasteiger partial charge in [-0.1, -0.05) is 0 Å². The van der Waals surface area contributed by atoms with Crippen LogP contribution < -0.4 is 0 Å². The Hall–Kier alpha value is 2.45. The van der Waals surface area contributed by atoms with Gasteiger partial charge in [-0.3, -0.25) is 0 Å². The molecule has 2 unspecified atom stereocenters. The number of thioether (sulfide) groups is 3. The average molecular weight is 366 g/mol. The normalized spacial score (nSPS) is 14.8. The van der Waals surface area contributed by atoms with Crippen LogP contribution in [0.2, 0.25) is 0 Å². The van der Waals surface area contributed by atoms with Gasteiger partial charge in [0.15, 0.2) is 0 Å². The van der Waals surface area contributed by atoms with E-state index in [1.54, 1.807) is 0 Å². The van der Waals surface area contributed by atoms with E-state index in [9.17, 15) is 0 Å². The Morgan fingerprint density at radius 1 is 0.941 bits per heavy atom. The summed E-state index contributed by atoms with van der Waals surface area (Å²) in [5, 5.41) is 1.26. The zero-order chi connectivity index (χ0) is 12.9. The van der Waals surface area contributed by atoms with Gasteiger partial charge in [0.25, 0.3) is 0 Å². The van der Waals surface area contributed by atoms with E-state index in [1.807, 2.05) is 41.0 Å². The van der Waals surface area contributed by atoms with Gasteiger partial charge in [0, 0.05) is 50.8 Å². The van der Waals surface area contributed by atoms with Crippen LogP contribution >= 0.6 is 85.8 Å². The largest absolute Gasteiger partial charge is 0.179 e. The van der Waals surface area contributed by atoms with Gasteiger partial charge >= 0.3 is 0 Å². The van der Waals surface area contributed by atoms with Crippen molar-refractivity contribution in [3.63, 3.8) is 0 Å². The molecular weight excluding hydrogens is 345 g/mol.